The van der Waals surface area contributed by atoms with E-state index in [0.29, 0.717) is 5.69 Å². The van der Waals surface area contributed by atoms with Crippen molar-refractivity contribution in [3.05, 3.63) is 48.5 Å². The monoisotopic (exact) mass is 283 g/mol. The lowest BCUT2D eigenvalue weighted by Crippen LogP contribution is -1.97. The van der Waals surface area contributed by atoms with Crippen molar-refractivity contribution in [1.82, 2.24) is 0 Å². The predicted octanol–water partition coefficient (Wildman–Crippen LogP) is 1.61. The zero-order valence-corrected chi connectivity index (χ0v) is 10.6. The number of benzene rings is 2. The lowest BCUT2D eigenvalue weighted by molar-refractivity contribution is 0.460. The van der Waals surface area contributed by atoms with Crippen LogP contribution < -0.4 is 5.73 Å². The molecular weight excluding hydrogens is 270 g/mol. The average molecular weight is 283 g/mol. The van der Waals surface area contributed by atoms with Gasteiger partial charge in [0.15, 0.2) is 0 Å². The van der Waals surface area contributed by atoms with Gasteiger partial charge in [-0.2, -0.15) is 8.42 Å². The number of hydrogen-bond acceptors (Lipinski definition) is 5. The molecule has 0 heterocycles. The van der Waals surface area contributed by atoms with Crippen LogP contribution in [0.4, 0.5) is 5.69 Å². The van der Waals surface area contributed by atoms with Crippen LogP contribution in [-0.2, 0) is 10.1 Å². The van der Waals surface area contributed by atoms with Crippen LogP contribution in [0.5, 0.6) is 11.5 Å². The first kappa shape index (κ1) is 14.8. The molecule has 0 unspecified atom stereocenters. The molecule has 0 aliphatic carbocycles. The van der Waals surface area contributed by atoms with Gasteiger partial charge < -0.3 is 15.9 Å². The Bertz CT molecular complexity index is 599. The maximum absolute atomic E-state index is 10.5. The zero-order valence-electron chi connectivity index (χ0n) is 9.76. The van der Waals surface area contributed by atoms with Gasteiger partial charge in [0.25, 0.3) is 10.1 Å². The molecule has 19 heavy (non-hydrogen) atoms. The number of phenolic OH excluding ortho intramolecular Hbond substituents is 2. The Hall–Kier alpha value is -2.25. The van der Waals surface area contributed by atoms with E-state index >= 15 is 0 Å². The minimum Gasteiger partial charge on any atom is -0.508 e. The van der Waals surface area contributed by atoms with Crippen LogP contribution in [0.1, 0.15) is 0 Å². The molecule has 0 aliphatic rings. The first-order valence-electron chi connectivity index (χ1n) is 5.10. The van der Waals surface area contributed by atoms with Crippen LogP contribution >= 0.6 is 0 Å². The standard InChI is InChI=1S/C6H7NO3S.C6H6O2/c7-5-1-3-6(4-2-5)11(8,9)10;7-5-1-2-6(8)4-3-5/h1-4H,7H2,(H,8,9,10);1-4,7-8H. The zero-order chi connectivity index (χ0) is 14.5. The number of aromatic hydroxyl groups is 2. The minimum atomic E-state index is -4.08. The van der Waals surface area contributed by atoms with Gasteiger partial charge in [-0.1, -0.05) is 0 Å². The molecular formula is C12H13NO5S. The van der Waals surface area contributed by atoms with Crippen molar-refractivity contribution in [3.63, 3.8) is 0 Å². The first-order valence-corrected chi connectivity index (χ1v) is 6.54. The Morgan fingerprint density at radius 1 is 0.789 bits per heavy atom. The largest absolute Gasteiger partial charge is 0.508 e. The Morgan fingerprint density at radius 3 is 1.47 bits per heavy atom. The van der Waals surface area contributed by atoms with E-state index in [2.05, 4.69) is 0 Å². The number of nitrogens with two attached hydrogens (primary N) is 1. The smallest absolute Gasteiger partial charge is 0.294 e. The third kappa shape index (κ3) is 5.28. The number of nitrogen functional groups attached to an aromatic ring is 1. The molecule has 6 nitrogen and oxygen atoms in total. The van der Waals surface area contributed by atoms with E-state index in [1.807, 2.05) is 0 Å². The molecule has 0 aromatic heterocycles. The molecule has 0 atom stereocenters. The molecule has 0 bridgehead atoms. The van der Waals surface area contributed by atoms with Crippen molar-refractivity contribution in [3.8, 4) is 11.5 Å². The SMILES string of the molecule is Nc1ccc(S(=O)(=O)O)cc1.Oc1ccc(O)cc1. The number of rotatable bonds is 1. The van der Waals surface area contributed by atoms with Crippen LogP contribution in [0, 0.1) is 0 Å². The molecule has 0 saturated carbocycles. The summed E-state index contributed by atoms with van der Waals surface area (Å²) in [7, 11) is -4.08. The van der Waals surface area contributed by atoms with E-state index in [0.717, 1.165) is 0 Å². The predicted molar refractivity (Wildman–Crippen MR) is 70.4 cm³/mol. The van der Waals surface area contributed by atoms with Crippen molar-refractivity contribution in [2.45, 2.75) is 4.90 Å². The summed E-state index contributed by atoms with van der Waals surface area (Å²) in [5, 5.41) is 17.3. The first-order chi connectivity index (χ1) is 8.79. The molecule has 2 rings (SSSR count). The quantitative estimate of drug-likeness (QED) is 0.358. The second-order valence-electron chi connectivity index (χ2n) is 3.56. The van der Waals surface area contributed by atoms with Crippen molar-refractivity contribution in [1.29, 1.82) is 0 Å². The fraction of sp³-hybridized carbons (Fsp3) is 0. The van der Waals surface area contributed by atoms with Crippen LogP contribution in [0.15, 0.2) is 53.4 Å². The second-order valence-corrected chi connectivity index (χ2v) is 4.98. The van der Waals surface area contributed by atoms with Crippen molar-refractivity contribution < 1.29 is 23.2 Å². The van der Waals surface area contributed by atoms with Gasteiger partial charge in [-0.05, 0) is 48.5 Å². The fourth-order valence-electron chi connectivity index (χ4n) is 1.09. The van der Waals surface area contributed by atoms with Crippen LogP contribution in [0.25, 0.3) is 0 Å². The summed E-state index contributed by atoms with van der Waals surface area (Å²) in [6.45, 7) is 0. The van der Waals surface area contributed by atoms with Crippen molar-refractivity contribution in [2.24, 2.45) is 0 Å². The molecule has 0 fully saturated rings. The van der Waals surface area contributed by atoms with Crippen molar-refractivity contribution in [2.75, 3.05) is 5.73 Å². The van der Waals surface area contributed by atoms with E-state index in [1.54, 1.807) is 0 Å². The number of hydrogen-bond donors (Lipinski definition) is 4. The molecule has 0 aliphatic heterocycles. The molecule has 0 spiro atoms. The maximum atomic E-state index is 10.5. The normalized spacial score (nSPS) is 10.4. The van der Waals surface area contributed by atoms with E-state index in [-0.39, 0.29) is 16.4 Å². The summed E-state index contributed by atoms with van der Waals surface area (Å²) in [5.41, 5.74) is 5.75. The summed E-state index contributed by atoms with van der Waals surface area (Å²) in [6.07, 6.45) is 0. The number of phenols is 2. The second kappa shape index (κ2) is 6.07. The summed E-state index contributed by atoms with van der Waals surface area (Å²) in [6, 6.07) is 11.0. The Morgan fingerprint density at radius 2 is 1.16 bits per heavy atom. The van der Waals surface area contributed by atoms with Gasteiger partial charge in [-0.3, -0.25) is 4.55 Å². The van der Waals surface area contributed by atoms with Crippen LogP contribution in [-0.4, -0.2) is 23.2 Å². The molecule has 102 valence electrons. The van der Waals surface area contributed by atoms with Gasteiger partial charge in [0.1, 0.15) is 11.5 Å². The highest BCUT2D eigenvalue weighted by molar-refractivity contribution is 7.85. The summed E-state index contributed by atoms with van der Waals surface area (Å²) < 4.78 is 29.4. The van der Waals surface area contributed by atoms with Crippen LogP contribution in [0.2, 0.25) is 0 Å². The summed E-state index contributed by atoms with van der Waals surface area (Å²) in [4.78, 5) is -0.147. The van der Waals surface area contributed by atoms with Gasteiger partial charge in [-0.15, -0.1) is 0 Å². The van der Waals surface area contributed by atoms with E-state index in [1.165, 1.54) is 48.5 Å². The van der Waals surface area contributed by atoms with E-state index in [4.69, 9.17) is 20.5 Å². The Balaban J connectivity index is 0.000000200. The minimum absolute atomic E-state index is 0.147. The van der Waals surface area contributed by atoms with Crippen molar-refractivity contribution >= 4 is 15.8 Å². The molecule has 0 saturated heterocycles. The Labute approximate surface area is 110 Å². The lowest BCUT2D eigenvalue weighted by atomic mass is 10.3. The topological polar surface area (TPSA) is 121 Å². The fourth-order valence-corrected chi connectivity index (χ4v) is 1.57. The molecule has 2 aromatic carbocycles. The van der Waals surface area contributed by atoms with Gasteiger partial charge >= 0.3 is 0 Å². The average Bonchev–Trinajstić information content (AvgIpc) is 2.33. The lowest BCUT2D eigenvalue weighted by Gasteiger charge is -1.95. The molecule has 2 aromatic rings. The van der Waals surface area contributed by atoms with Gasteiger partial charge in [0.05, 0.1) is 4.90 Å². The highest BCUT2D eigenvalue weighted by Gasteiger charge is 2.06. The van der Waals surface area contributed by atoms with Crippen LogP contribution in [0.3, 0.4) is 0 Å². The van der Waals surface area contributed by atoms with Gasteiger partial charge in [0, 0.05) is 5.69 Å². The third-order valence-corrected chi connectivity index (χ3v) is 2.90. The summed E-state index contributed by atoms with van der Waals surface area (Å²) in [5.74, 6) is 0.339. The molecule has 7 heteroatoms. The van der Waals surface area contributed by atoms with Gasteiger partial charge in [0.2, 0.25) is 0 Å². The highest BCUT2D eigenvalue weighted by Crippen LogP contribution is 2.13. The number of anilines is 1. The highest BCUT2D eigenvalue weighted by atomic mass is 32.2. The van der Waals surface area contributed by atoms with Gasteiger partial charge in [-0.25, -0.2) is 0 Å². The molecule has 5 N–H and O–H groups in total. The maximum Gasteiger partial charge on any atom is 0.294 e. The third-order valence-electron chi connectivity index (χ3n) is 2.03. The van der Waals surface area contributed by atoms with E-state index < -0.39 is 10.1 Å². The molecule has 0 radical (unpaired) electrons. The Kier molecular flexibility index (Phi) is 4.74. The van der Waals surface area contributed by atoms with E-state index in [9.17, 15) is 8.42 Å². The summed E-state index contributed by atoms with van der Waals surface area (Å²) >= 11 is 0. The molecule has 0 amide bonds.